The SMILES string of the molecule is COc1cccc(-c2ccccc2NC(=O)C2CCN(Cc3cccc4ccccc34)CC2)c1. The van der Waals surface area contributed by atoms with E-state index >= 15 is 0 Å². The van der Waals surface area contributed by atoms with Gasteiger partial charge in [0.2, 0.25) is 5.91 Å². The van der Waals surface area contributed by atoms with E-state index in [1.807, 2.05) is 48.5 Å². The Hall–Kier alpha value is -3.63. The van der Waals surface area contributed by atoms with Gasteiger partial charge in [-0.25, -0.2) is 0 Å². The van der Waals surface area contributed by atoms with Gasteiger partial charge in [-0.15, -0.1) is 0 Å². The van der Waals surface area contributed by atoms with Crippen LogP contribution in [0.3, 0.4) is 0 Å². The van der Waals surface area contributed by atoms with E-state index in [-0.39, 0.29) is 11.8 Å². The molecule has 0 aliphatic carbocycles. The van der Waals surface area contributed by atoms with E-state index in [9.17, 15) is 4.79 Å². The summed E-state index contributed by atoms with van der Waals surface area (Å²) in [6.45, 7) is 2.78. The van der Waals surface area contributed by atoms with Crippen LogP contribution in [0.5, 0.6) is 5.75 Å². The summed E-state index contributed by atoms with van der Waals surface area (Å²) < 4.78 is 5.38. The second-order valence-electron chi connectivity index (χ2n) is 8.96. The number of hydrogen-bond donors (Lipinski definition) is 1. The van der Waals surface area contributed by atoms with Gasteiger partial charge in [-0.2, -0.15) is 0 Å². The van der Waals surface area contributed by atoms with E-state index in [2.05, 4.69) is 52.7 Å². The molecule has 1 aliphatic rings. The normalized spacial score (nSPS) is 14.7. The summed E-state index contributed by atoms with van der Waals surface area (Å²) in [4.78, 5) is 15.6. The summed E-state index contributed by atoms with van der Waals surface area (Å²) in [6.07, 6.45) is 1.75. The van der Waals surface area contributed by atoms with Crippen molar-refractivity contribution in [1.82, 2.24) is 4.90 Å². The minimum atomic E-state index is 0.0298. The molecular formula is C30H30N2O2. The number of para-hydroxylation sites is 1. The van der Waals surface area contributed by atoms with Crippen LogP contribution >= 0.6 is 0 Å². The van der Waals surface area contributed by atoms with Gasteiger partial charge in [0.1, 0.15) is 5.75 Å². The Morgan fingerprint density at radius 3 is 2.50 bits per heavy atom. The predicted molar refractivity (Wildman–Crippen MR) is 139 cm³/mol. The van der Waals surface area contributed by atoms with E-state index in [1.165, 1.54) is 16.3 Å². The van der Waals surface area contributed by atoms with Crippen LogP contribution in [0, 0.1) is 5.92 Å². The zero-order chi connectivity index (χ0) is 23.3. The van der Waals surface area contributed by atoms with Crippen molar-refractivity contribution < 1.29 is 9.53 Å². The second kappa shape index (κ2) is 10.1. The number of piperidine rings is 1. The summed E-state index contributed by atoms with van der Waals surface area (Å²) in [7, 11) is 1.67. The van der Waals surface area contributed by atoms with Crippen molar-refractivity contribution in [3.63, 3.8) is 0 Å². The highest BCUT2D eigenvalue weighted by atomic mass is 16.5. The molecule has 1 aliphatic heterocycles. The van der Waals surface area contributed by atoms with Crippen molar-refractivity contribution in [3.05, 3.63) is 96.6 Å². The minimum Gasteiger partial charge on any atom is -0.497 e. The summed E-state index contributed by atoms with van der Waals surface area (Å²) in [5, 5.41) is 5.81. The topological polar surface area (TPSA) is 41.6 Å². The molecule has 1 saturated heterocycles. The molecule has 0 unspecified atom stereocenters. The lowest BCUT2D eigenvalue weighted by atomic mass is 9.94. The smallest absolute Gasteiger partial charge is 0.227 e. The molecular weight excluding hydrogens is 420 g/mol. The third kappa shape index (κ3) is 4.82. The lowest BCUT2D eigenvalue weighted by Crippen LogP contribution is -2.37. The zero-order valence-corrected chi connectivity index (χ0v) is 19.5. The molecule has 4 nitrogen and oxygen atoms in total. The Labute approximate surface area is 201 Å². The molecule has 34 heavy (non-hydrogen) atoms. The second-order valence-corrected chi connectivity index (χ2v) is 8.96. The molecule has 1 N–H and O–H groups in total. The maximum absolute atomic E-state index is 13.2. The molecule has 4 heteroatoms. The molecule has 0 atom stereocenters. The number of fused-ring (bicyclic) bond motifs is 1. The van der Waals surface area contributed by atoms with E-state index in [0.717, 1.165) is 55.0 Å². The number of ether oxygens (including phenoxy) is 1. The van der Waals surface area contributed by atoms with Crippen LogP contribution in [0.15, 0.2) is 91.0 Å². The lowest BCUT2D eigenvalue weighted by Gasteiger charge is -2.31. The van der Waals surface area contributed by atoms with Crippen molar-refractivity contribution in [1.29, 1.82) is 0 Å². The number of nitrogens with zero attached hydrogens (tertiary/aromatic N) is 1. The maximum atomic E-state index is 13.2. The summed E-state index contributed by atoms with van der Waals surface area (Å²) in [5.74, 6) is 0.944. The highest BCUT2D eigenvalue weighted by molar-refractivity contribution is 5.97. The average molecular weight is 451 g/mol. The third-order valence-electron chi connectivity index (χ3n) is 6.80. The molecule has 5 rings (SSSR count). The average Bonchev–Trinajstić information content (AvgIpc) is 2.89. The quantitative estimate of drug-likeness (QED) is 0.371. The molecule has 0 aromatic heterocycles. The summed E-state index contributed by atoms with van der Waals surface area (Å²) in [5.41, 5.74) is 4.23. The first-order valence-electron chi connectivity index (χ1n) is 11.9. The van der Waals surface area contributed by atoms with E-state index in [0.29, 0.717) is 0 Å². The minimum absolute atomic E-state index is 0.0298. The van der Waals surface area contributed by atoms with Crippen LogP contribution in [0.1, 0.15) is 18.4 Å². The van der Waals surface area contributed by atoms with Crippen molar-refractivity contribution in [2.45, 2.75) is 19.4 Å². The molecule has 1 heterocycles. The molecule has 0 bridgehead atoms. The first kappa shape index (κ1) is 22.2. The van der Waals surface area contributed by atoms with Gasteiger partial charge in [-0.05, 0) is 66.0 Å². The molecule has 0 spiro atoms. The van der Waals surface area contributed by atoms with E-state index in [1.54, 1.807) is 7.11 Å². The molecule has 0 saturated carbocycles. The van der Waals surface area contributed by atoms with Crippen molar-refractivity contribution in [2.75, 3.05) is 25.5 Å². The fourth-order valence-corrected chi connectivity index (χ4v) is 4.89. The number of methoxy groups -OCH3 is 1. The largest absolute Gasteiger partial charge is 0.497 e. The van der Waals surface area contributed by atoms with Crippen molar-refractivity contribution in [3.8, 4) is 16.9 Å². The monoisotopic (exact) mass is 450 g/mol. The van der Waals surface area contributed by atoms with Gasteiger partial charge in [0.15, 0.2) is 0 Å². The lowest BCUT2D eigenvalue weighted by molar-refractivity contribution is -0.121. The number of likely N-dealkylation sites (tertiary alicyclic amines) is 1. The Morgan fingerprint density at radius 2 is 1.65 bits per heavy atom. The fraction of sp³-hybridized carbons (Fsp3) is 0.233. The molecule has 0 radical (unpaired) electrons. The van der Waals surface area contributed by atoms with Gasteiger partial charge < -0.3 is 10.1 Å². The van der Waals surface area contributed by atoms with E-state index in [4.69, 9.17) is 4.74 Å². The standard InChI is InChI=1S/C30H30N2O2/c1-34-26-12-7-10-24(20-26)28-14-4-5-15-29(28)31-30(33)23-16-18-32(19-17-23)21-25-11-6-9-22-8-2-3-13-27(22)25/h2-15,20,23H,16-19,21H2,1H3,(H,31,33). The number of carbonyl (C=O) groups is 1. The van der Waals surface area contributed by atoms with Gasteiger partial charge in [-0.3, -0.25) is 9.69 Å². The fourth-order valence-electron chi connectivity index (χ4n) is 4.89. The van der Waals surface area contributed by atoms with Crippen LogP contribution < -0.4 is 10.1 Å². The Kier molecular flexibility index (Phi) is 6.59. The number of amides is 1. The van der Waals surface area contributed by atoms with Crippen molar-refractivity contribution in [2.24, 2.45) is 5.92 Å². The van der Waals surface area contributed by atoms with E-state index < -0.39 is 0 Å². The first-order chi connectivity index (χ1) is 16.7. The van der Waals surface area contributed by atoms with Gasteiger partial charge in [0.05, 0.1) is 7.11 Å². The number of anilines is 1. The highest BCUT2D eigenvalue weighted by Gasteiger charge is 2.26. The maximum Gasteiger partial charge on any atom is 0.227 e. The van der Waals surface area contributed by atoms with Crippen LogP contribution in [-0.2, 0) is 11.3 Å². The Bertz CT molecular complexity index is 1290. The summed E-state index contributed by atoms with van der Waals surface area (Å²) in [6, 6.07) is 31.0. The number of rotatable bonds is 6. The van der Waals surface area contributed by atoms with Gasteiger partial charge in [0, 0.05) is 23.7 Å². The van der Waals surface area contributed by atoms with Crippen LogP contribution in [-0.4, -0.2) is 31.0 Å². The Morgan fingerprint density at radius 1 is 0.912 bits per heavy atom. The first-order valence-corrected chi connectivity index (χ1v) is 11.9. The summed E-state index contributed by atoms with van der Waals surface area (Å²) >= 11 is 0. The zero-order valence-electron chi connectivity index (χ0n) is 19.5. The number of benzene rings is 4. The Balaban J connectivity index is 1.23. The van der Waals surface area contributed by atoms with Crippen LogP contribution in [0.2, 0.25) is 0 Å². The number of carbonyl (C=O) groups excluding carboxylic acids is 1. The molecule has 1 amide bonds. The van der Waals surface area contributed by atoms with Gasteiger partial charge in [-0.1, -0.05) is 72.8 Å². The van der Waals surface area contributed by atoms with Gasteiger partial charge >= 0.3 is 0 Å². The molecule has 4 aromatic carbocycles. The van der Waals surface area contributed by atoms with Crippen LogP contribution in [0.25, 0.3) is 21.9 Å². The van der Waals surface area contributed by atoms with Gasteiger partial charge in [0.25, 0.3) is 0 Å². The van der Waals surface area contributed by atoms with Crippen LogP contribution in [0.4, 0.5) is 5.69 Å². The number of nitrogens with one attached hydrogen (secondary N) is 1. The third-order valence-corrected chi connectivity index (χ3v) is 6.80. The number of hydrogen-bond acceptors (Lipinski definition) is 3. The highest BCUT2D eigenvalue weighted by Crippen LogP contribution is 2.31. The molecule has 4 aromatic rings. The molecule has 172 valence electrons. The molecule has 1 fully saturated rings. The predicted octanol–water partition coefficient (Wildman–Crippen LogP) is 6.37. The van der Waals surface area contributed by atoms with Crippen molar-refractivity contribution >= 4 is 22.4 Å².